The smallest absolute Gasteiger partial charge is 0.167 e. The predicted octanol–water partition coefficient (Wildman–Crippen LogP) is 2.79. The molecule has 96 valence electrons. The molecule has 2 aromatic rings. The molecule has 0 fully saturated rings. The molecule has 0 saturated carbocycles. The van der Waals surface area contributed by atoms with E-state index < -0.39 is 5.82 Å². The quantitative estimate of drug-likeness (QED) is 0.648. The molecular weight excluding hydrogens is 233 g/mol. The number of rotatable bonds is 3. The lowest BCUT2D eigenvalue weighted by molar-refractivity contribution is 0.387. The summed E-state index contributed by atoms with van der Waals surface area (Å²) in [5.41, 5.74) is 4.75. The third-order valence-corrected chi connectivity index (χ3v) is 2.85. The standard InChI is InChI=1S/C13H16FN3O/c1-7(2)10-6-12(17-15)8-4-13(18-3)9(14)5-11(8)16-10/h4-7H,15H2,1-3H3,(H,16,17). The number of nitrogens with one attached hydrogen (secondary N) is 1. The molecule has 18 heavy (non-hydrogen) atoms. The van der Waals surface area contributed by atoms with Crippen molar-refractivity contribution in [2.45, 2.75) is 19.8 Å². The molecule has 4 nitrogen and oxygen atoms in total. The Kier molecular flexibility index (Phi) is 3.34. The Morgan fingerprint density at radius 2 is 2.06 bits per heavy atom. The number of hydrazine groups is 1. The molecule has 1 heterocycles. The minimum atomic E-state index is -0.429. The van der Waals surface area contributed by atoms with Crippen LogP contribution in [0, 0.1) is 5.82 Å². The number of fused-ring (bicyclic) bond motifs is 1. The van der Waals surface area contributed by atoms with Gasteiger partial charge in [0.15, 0.2) is 11.6 Å². The van der Waals surface area contributed by atoms with E-state index in [-0.39, 0.29) is 11.7 Å². The third kappa shape index (κ3) is 2.09. The van der Waals surface area contributed by atoms with E-state index >= 15 is 0 Å². The summed E-state index contributed by atoms with van der Waals surface area (Å²) in [5, 5.41) is 0.736. The van der Waals surface area contributed by atoms with E-state index in [2.05, 4.69) is 10.4 Å². The van der Waals surface area contributed by atoms with Gasteiger partial charge in [-0.05, 0) is 18.1 Å². The van der Waals surface area contributed by atoms with Crippen LogP contribution in [0.25, 0.3) is 10.9 Å². The number of hydrogen-bond acceptors (Lipinski definition) is 4. The number of ether oxygens (including phenoxy) is 1. The van der Waals surface area contributed by atoms with Gasteiger partial charge in [0, 0.05) is 17.1 Å². The SMILES string of the molecule is COc1cc2c(NN)cc(C(C)C)nc2cc1F. The number of methoxy groups -OCH3 is 1. The summed E-state index contributed by atoms with van der Waals surface area (Å²) in [5.74, 6) is 5.49. The summed E-state index contributed by atoms with van der Waals surface area (Å²) in [6, 6.07) is 4.82. The van der Waals surface area contributed by atoms with E-state index in [0.29, 0.717) is 11.2 Å². The van der Waals surface area contributed by atoms with E-state index in [4.69, 9.17) is 10.6 Å². The predicted molar refractivity (Wildman–Crippen MR) is 70.2 cm³/mol. The summed E-state index contributed by atoms with van der Waals surface area (Å²) >= 11 is 0. The third-order valence-electron chi connectivity index (χ3n) is 2.85. The van der Waals surface area contributed by atoms with Gasteiger partial charge in [-0.15, -0.1) is 0 Å². The lowest BCUT2D eigenvalue weighted by atomic mass is 10.1. The van der Waals surface area contributed by atoms with Gasteiger partial charge in [0.05, 0.1) is 18.3 Å². The number of aromatic nitrogens is 1. The molecule has 0 radical (unpaired) electrons. The van der Waals surface area contributed by atoms with Crippen molar-refractivity contribution < 1.29 is 9.13 Å². The molecule has 0 bridgehead atoms. The Morgan fingerprint density at radius 3 is 2.61 bits per heavy atom. The zero-order valence-corrected chi connectivity index (χ0v) is 10.6. The van der Waals surface area contributed by atoms with Gasteiger partial charge in [-0.1, -0.05) is 13.8 Å². The van der Waals surface area contributed by atoms with Crippen LogP contribution in [0.15, 0.2) is 18.2 Å². The molecule has 0 spiro atoms. The van der Waals surface area contributed by atoms with Crippen LogP contribution in [0.5, 0.6) is 5.75 Å². The average Bonchev–Trinajstić information content (AvgIpc) is 2.36. The molecule has 0 aliphatic rings. The largest absolute Gasteiger partial charge is 0.494 e. The van der Waals surface area contributed by atoms with Crippen molar-refractivity contribution in [3.05, 3.63) is 29.7 Å². The maximum atomic E-state index is 13.7. The Morgan fingerprint density at radius 1 is 1.33 bits per heavy atom. The van der Waals surface area contributed by atoms with Crippen molar-refractivity contribution >= 4 is 16.6 Å². The molecule has 0 unspecified atom stereocenters. The number of pyridine rings is 1. The summed E-state index contributed by atoms with van der Waals surface area (Å²) in [7, 11) is 1.43. The van der Waals surface area contributed by atoms with Crippen LogP contribution in [0.3, 0.4) is 0 Å². The first-order chi connectivity index (χ1) is 8.56. The van der Waals surface area contributed by atoms with Crippen LogP contribution in [0.2, 0.25) is 0 Å². The monoisotopic (exact) mass is 249 g/mol. The number of nitrogen functional groups attached to an aromatic ring is 1. The van der Waals surface area contributed by atoms with Gasteiger partial charge in [0.1, 0.15) is 0 Å². The fraction of sp³-hybridized carbons (Fsp3) is 0.308. The van der Waals surface area contributed by atoms with E-state index in [0.717, 1.165) is 11.1 Å². The minimum absolute atomic E-state index is 0.179. The van der Waals surface area contributed by atoms with Crippen LogP contribution in [-0.4, -0.2) is 12.1 Å². The molecule has 3 N–H and O–H groups in total. The van der Waals surface area contributed by atoms with E-state index in [1.807, 2.05) is 19.9 Å². The van der Waals surface area contributed by atoms with Gasteiger partial charge in [-0.3, -0.25) is 10.8 Å². The van der Waals surface area contributed by atoms with Crippen LogP contribution >= 0.6 is 0 Å². The van der Waals surface area contributed by atoms with Crippen molar-refractivity contribution in [1.29, 1.82) is 0 Å². The molecule has 5 heteroatoms. The molecule has 2 rings (SSSR count). The van der Waals surface area contributed by atoms with Crippen molar-refractivity contribution in [2.24, 2.45) is 5.84 Å². The first-order valence-corrected chi connectivity index (χ1v) is 5.71. The zero-order chi connectivity index (χ0) is 13.3. The van der Waals surface area contributed by atoms with Gasteiger partial charge < -0.3 is 10.2 Å². The van der Waals surface area contributed by atoms with E-state index in [9.17, 15) is 4.39 Å². The van der Waals surface area contributed by atoms with E-state index in [1.54, 1.807) is 6.07 Å². The number of hydrogen-bond donors (Lipinski definition) is 2. The molecule has 1 aromatic heterocycles. The summed E-state index contributed by atoms with van der Waals surface area (Å²) in [6.45, 7) is 4.04. The second-order valence-electron chi connectivity index (χ2n) is 4.40. The van der Waals surface area contributed by atoms with Crippen molar-refractivity contribution in [3.8, 4) is 5.75 Å². The van der Waals surface area contributed by atoms with E-state index in [1.165, 1.54) is 13.2 Å². The van der Waals surface area contributed by atoms with Crippen LogP contribution < -0.4 is 16.0 Å². The maximum Gasteiger partial charge on any atom is 0.167 e. The fourth-order valence-electron chi connectivity index (χ4n) is 1.82. The summed E-state index contributed by atoms with van der Waals surface area (Å²) in [4.78, 5) is 4.43. The highest BCUT2D eigenvalue weighted by atomic mass is 19.1. The molecular formula is C13H16FN3O. The van der Waals surface area contributed by atoms with Crippen LogP contribution in [-0.2, 0) is 0 Å². The first kappa shape index (κ1) is 12.6. The second kappa shape index (κ2) is 4.78. The number of anilines is 1. The lowest BCUT2D eigenvalue weighted by Crippen LogP contribution is -2.09. The number of halogens is 1. The molecule has 0 amide bonds. The molecule has 0 atom stereocenters. The summed E-state index contributed by atoms with van der Waals surface area (Å²) in [6.07, 6.45) is 0. The fourth-order valence-corrected chi connectivity index (χ4v) is 1.82. The molecule has 0 saturated heterocycles. The number of nitrogens with two attached hydrogens (primary N) is 1. The van der Waals surface area contributed by atoms with Crippen molar-refractivity contribution in [3.63, 3.8) is 0 Å². The Balaban J connectivity index is 2.75. The second-order valence-corrected chi connectivity index (χ2v) is 4.40. The van der Waals surface area contributed by atoms with Crippen molar-refractivity contribution in [2.75, 3.05) is 12.5 Å². The lowest BCUT2D eigenvalue weighted by Gasteiger charge is -2.12. The highest BCUT2D eigenvalue weighted by Crippen LogP contribution is 2.30. The van der Waals surface area contributed by atoms with Crippen LogP contribution in [0.1, 0.15) is 25.5 Å². The normalized spacial score (nSPS) is 11.0. The highest BCUT2D eigenvalue weighted by molar-refractivity contribution is 5.92. The molecule has 1 aromatic carbocycles. The molecule has 0 aliphatic carbocycles. The Labute approximate surface area is 105 Å². The van der Waals surface area contributed by atoms with Gasteiger partial charge in [0.25, 0.3) is 0 Å². The Bertz CT molecular complexity index is 584. The first-order valence-electron chi connectivity index (χ1n) is 5.71. The minimum Gasteiger partial charge on any atom is -0.494 e. The van der Waals surface area contributed by atoms with Gasteiger partial charge in [-0.2, -0.15) is 0 Å². The molecule has 0 aliphatic heterocycles. The van der Waals surface area contributed by atoms with Crippen molar-refractivity contribution in [1.82, 2.24) is 4.98 Å². The summed E-state index contributed by atoms with van der Waals surface area (Å²) < 4.78 is 18.6. The number of benzene rings is 1. The highest BCUT2D eigenvalue weighted by Gasteiger charge is 2.12. The topological polar surface area (TPSA) is 60.2 Å². The average molecular weight is 249 g/mol. The van der Waals surface area contributed by atoms with Crippen LogP contribution in [0.4, 0.5) is 10.1 Å². The van der Waals surface area contributed by atoms with Gasteiger partial charge in [0.2, 0.25) is 0 Å². The maximum absolute atomic E-state index is 13.7. The number of nitrogens with zero attached hydrogens (tertiary/aromatic N) is 1. The van der Waals surface area contributed by atoms with Gasteiger partial charge in [-0.25, -0.2) is 4.39 Å². The van der Waals surface area contributed by atoms with Gasteiger partial charge >= 0.3 is 0 Å². The Hall–Kier alpha value is -1.88. The zero-order valence-electron chi connectivity index (χ0n) is 10.6.